The first-order valence-corrected chi connectivity index (χ1v) is 4.84. The summed E-state index contributed by atoms with van der Waals surface area (Å²) in [6.45, 7) is 0.220. The molecule has 2 atom stereocenters. The highest BCUT2D eigenvalue weighted by Crippen LogP contribution is 2.51. The van der Waals surface area contributed by atoms with Gasteiger partial charge in [-0.15, -0.1) is 0 Å². The lowest BCUT2D eigenvalue weighted by Crippen LogP contribution is -2.62. The number of hydrogen-bond acceptors (Lipinski definition) is 1. The molecule has 0 fully saturated rings. The SMILES string of the molecule is CCC(F)(F)C(F)(OC(F)(F)C(F)C(F)(F)F)C(F)(F)F. The summed E-state index contributed by atoms with van der Waals surface area (Å²) in [6.07, 6.45) is -27.3. The van der Waals surface area contributed by atoms with Gasteiger partial charge in [0, 0.05) is 6.42 Å². The van der Waals surface area contributed by atoms with E-state index in [-0.39, 0.29) is 6.92 Å². The zero-order valence-electron chi connectivity index (χ0n) is 9.73. The van der Waals surface area contributed by atoms with E-state index in [1.807, 2.05) is 4.74 Å². The van der Waals surface area contributed by atoms with E-state index in [4.69, 9.17) is 0 Å². The minimum Gasteiger partial charge on any atom is -0.267 e. The minimum absolute atomic E-state index is 0.220. The van der Waals surface area contributed by atoms with Crippen molar-refractivity contribution in [3.8, 4) is 0 Å². The van der Waals surface area contributed by atoms with Crippen LogP contribution in [-0.2, 0) is 4.74 Å². The van der Waals surface area contributed by atoms with E-state index in [1.165, 1.54) is 0 Å². The molecule has 0 aliphatic heterocycles. The predicted molar refractivity (Wildman–Crippen MR) is 42.1 cm³/mol. The van der Waals surface area contributed by atoms with Crippen molar-refractivity contribution in [1.82, 2.24) is 0 Å². The molecule has 0 radical (unpaired) electrons. The lowest BCUT2D eigenvalue weighted by Gasteiger charge is -2.37. The molecule has 0 bridgehead atoms. The summed E-state index contributed by atoms with van der Waals surface area (Å²) < 4.78 is 150. The third kappa shape index (κ3) is 3.86. The molecule has 2 unspecified atom stereocenters. The van der Waals surface area contributed by atoms with Crippen molar-refractivity contribution in [3.05, 3.63) is 0 Å². The number of ether oxygens (including phenoxy) is 1. The normalized spacial score (nSPS) is 19.3. The fourth-order valence-corrected chi connectivity index (χ4v) is 0.997. The van der Waals surface area contributed by atoms with Gasteiger partial charge in [0.1, 0.15) is 0 Å². The first-order valence-electron chi connectivity index (χ1n) is 4.84. The van der Waals surface area contributed by atoms with Crippen LogP contribution in [-0.4, -0.2) is 36.4 Å². The smallest absolute Gasteiger partial charge is 0.267 e. The molecule has 128 valence electrons. The van der Waals surface area contributed by atoms with Gasteiger partial charge in [-0.3, -0.25) is 4.74 Å². The zero-order chi connectivity index (χ0) is 17.5. The van der Waals surface area contributed by atoms with Crippen molar-refractivity contribution in [3.63, 3.8) is 0 Å². The van der Waals surface area contributed by atoms with Crippen LogP contribution in [0.25, 0.3) is 0 Å². The molecule has 0 N–H and O–H groups in total. The first-order chi connectivity index (χ1) is 8.92. The molecule has 0 aromatic rings. The molecule has 0 rings (SSSR count). The molecule has 0 saturated carbocycles. The monoisotopic (exact) mass is 346 g/mol. The largest absolute Gasteiger partial charge is 0.455 e. The van der Waals surface area contributed by atoms with Crippen LogP contribution in [0.2, 0.25) is 0 Å². The van der Waals surface area contributed by atoms with Gasteiger partial charge in [0.2, 0.25) is 0 Å². The molecule has 0 aliphatic rings. The Morgan fingerprint density at radius 3 is 1.43 bits per heavy atom. The second kappa shape index (κ2) is 5.39. The van der Waals surface area contributed by atoms with E-state index in [1.54, 1.807) is 0 Å². The summed E-state index contributed by atoms with van der Waals surface area (Å²) in [5, 5.41) is 0. The highest BCUT2D eigenvalue weighted by atomic mass is 19.4. The van der Waals surface area contributed by atoms with E-state index >= 15 is 0 Å². The maximum Gasteiger partial charge on any atom is 0.455 e. The van der Waals surface area contributed by atoms with Crippen molar-refractivity contribution in [1.29, 1.82) is 0 Å². The van der Waals surface area contributed by atoms with Crippen molar-refractivity contribution >= 4 is 0 Å². The number of hydrogen-bond donors (Lipinski definition) is 0. The highest BCUT2D eigenvalue weighted by molar-refractivity contribution is 4.94. The van der Waals surface area contributed by atoms with Gasteiger partial charge in [-0.05, 0) is 0 Å². The average Bonchev–Trinajstić information content (AvgIpc) is 2.24. The molecule has 13 heteroatoms. The van der Waals surface area contributed by atoms with Gasteiger partial charge in [0.25, 0.3) is 6.17 Å². The molecular formula is C8H6F12O. The highest BCUT2D eigenvalue weighted by Gasteiger charge is 2.76. The summed E-state index contributed by atoms with van der Waals surface area (Å²) in [5.41, 5.74) is 0. The molecule has 21 heavy (non-hydrogen) atoms. The summed E-state index contributed by atoms with van der Waals surface area (Å²) in [6, 6.07) is 0. The van der Waals surface area contributed by atoms with Crippen LogP contribution in [0.15, 0.2) is 0 Å². The van der Waals surface area contributed by atoms with Crippen LogP contribution in [0.3, 0.4) is 0 Å². The average molecular weight is 346 g/mol. The van der Waals surface area contributed by atoms with Gasteiger partial charge in [-0.25, -0.2) is 4.39 Å². The summed E-state index contributed by atoms with van der Waals surface area (Å²) in [4.78, 5) is 0. The third-order valence-corrected chi connectivity index (χ3v) is 2.14. The van der Waals surface area contributed by atoms with Crippen molar-refractivity contribution < 1.29 is 57.4 Å². The van der Waals surface area contributed by atoms with E-state index < -0.39 is 42.8 Å². The summed E-state index contributed by atoms with van der Waals surface area (Å²) >= 11 is 0. The van der Waals surface area contributed by atoms with Crippen LogP contribution in [0.4, 0.5) is 52.7 Å². The first kappa shape index (κ1) is 20.1. The summed E-state index contributed by atoms with van der Waals surface area (Å²) in [5.74, 6) is -12.2. The van der Waals surface area contributed by atoms with E-state index in [9.17, 15) is 52.7 Å². The Morgan fingerprint density at radius 2 is 1.19 bits per heavy atom. The van der Waals surface area contributed by atoms with Crippen LogP contribution < -0.4 is 0 Å². The minimum atomic E-state index is -6.85. The molecular weight excluding hydrogens is 340 g/mol. The Morgan fingerprint density at radius 1 is 0.810 bits per heavy atom. The number of alkyl halides is 12. The molecule has 0 saturated heterocycles. The molecule has 0 aromatic heterocycles. The van der Waals surface area contributed by atoms with Crippen LogP contribution >= 0.6 is 0 Å². The second-order valence-corrected chi connectivity index (χ2v) is 3.72. The topological polar surface area (TPSA) is 9.23 Å². The molecule has 1 nitrogen and oxygen atoms in total. The van der Waals surface area contributed by atoms with Crippen LogP contribution in [0.1, 0.15) is 13.3 Å². The fraction of sp³-hybridized carbons (Fsp3) is 1.00. The van der Waals surface area contributed by atoms with Gasteiger partial charge >= 0.3 is 30.2 Å². The summed E-state index contributed by atoms with van der Waals surface area (Å²) in [7, 11) is 0. The van der Waals surface area contributed by atoms with Gasteiger partial charge in [0.15, 0.2) is 0 Å². The lowest BCUT2D eigenvalue weighted by molar-refractivity contribution is -0.476. The second-order valence-electron chi connectivity index (χ2n) is 3.72. The molecule has 0 heterocycles. The van der Waals surface area contributed by atoms with E-state index in [0.29, 0.717) is 0 Å². The van der Waals surface area contributed by atoms with Crippen molar-refractivity contribution in [2.24, 2.45) is 0 Å². The molecule has 0 aliphatic carbocycles. The van der Waals surface area contributed by atoms with Gasteiger partial charge in [-0.2, -0.15) is 48.3 Å². The van der Waals surface area contributed by atoms with Gasteiger partial charge in [-0.1, -0.05) is 6.92 Å². The Kier molecular flexibility index (Phi) is 5.17. The molecule has 0 spiro atoms. The van der Waals surface area contributed by atoms with Crippen molar-refractivity contribution in [2.45, 2.75) is 49.8 Å². The van der Waals surface area contributed by atoms with Crippen LogP contribution in [0, 0.1) is 0 Å². The van der Waals surface area contributed by atoms with Gasteiger partial charge < -0.3 is 0 Å². The molecule has 0 aromatic carbocycles. The Labute approximate surface area is 108 Å². The van der Waals surface area contributed by atoms with Crippen molar-refractivity contribution in [2.75, 3.05) is 0 Å². The van der Waals surface area contributed by atoms with E-state index in [0.717, 1.165) is 0 Å². The lowest BCUT2D eigenvalue weighted by atomic mass is 10.1. The van der Waals surface area contributed by atoms with E-state index in [2.05, 4.69) is 0 Å². The number of halogens is 12. The van der Waals surface area contributed by atoms with Crippen LogP contribution in [0.5, 0.6) is 0 Å². The van der Waals surface area contributed by atoms with Gasteiger partial charge in [0.05, 0.1) is 0 Å². The Balaban J connectivity index is 5.75. The number of rotatable bonds is 5. The maximum absolute atomic E-state index is 13.2. The fourth-order valence-electron chi connectivity index (χ4n) is 0.997. The maximum atomic E-state index is 13.2. The Hall–Kier alpha value is -0.880. The standard InChI is InChI=1S/C8H6F12O/c1-2-4(10,11)7(17,8(18,19)20)21-6(15,16)3(9)5(12,13)14/h3H,2H2,1H3. The quantitative estimate of drug-likeness (QED) is 0.652. The third-order valence-electron chi connectivity index (χ3n) is 2.14. The predicted octanol–water partition coefficient (Wildman–Crippen LogP) is 4.77. The Bertz CT molecular complexity index is 357. The zero-order valence-corrected chi connectivity index (χ0v) is 9.73. The molecule has 0 amide bonds.